The molecule has 3 aromatic rings. The summed E-state index contributed by atoms with van der Waals surface area (Å²) in [7, 11) is 0. The average Bonchev–Trinajstić information content (AvgIpc) is 2.60. The van der Waals surface area contributed by atoms with E-state index in [0.717, 1.165) is 24.3 Å². The van der Waals surface area contributed by atoms with E-state index < -0.39 is 23.5 Å². The minimum absolute atomic E-state index is 0.00567. The Balaban J connectivity index is 1.97. The van der Waals surface area contributed by atoms with Crippen LogP contribution in [0, 0.1) is 0 Å². The Morgan fingerprint density at radius 3 is 1.19 bits per heavy atom. The van der Waals surface area contributed by atoms with Gasteiger partial charge in [0, 0.05) is 11.1 Å². The van der Waals surface area contributed by atoms with E-state index in [1.807, 2.05) is 0 Å². The molecule has 0 aliphatic rings. The first-order valence-electron chi connectivity index (χ1n) is 7.41. The summed E-state index contributed by atoms with van der Waals surface area (Å²) < 4.78 is 75.9. The molecule has 0 unspecified atom stereocenters. The first-order chi connectivity index (χ1) is 12.5. The van der Waals surface area contributed by atoms with Gasteiger partial charge in [-0.25, -0.2) is 4.98 Å². The number of nitrogen functional groups attached to an aromatic ring is 1. The largest absolute Gasteiger partial charge is 0.416 e. The van der Waals surface area contributed by atoms with E-state index in [1.165, 1.54) is 24.3 Å². The van der Waals surface area contributed by atoms with Gasteiger partial charge in [-0.15, -0.1) is 0 Å². The zero-order valence-corrected chi connectivity index (χ0v) is 13.3. The molecule has 1 aromatic heterocycles. The molecule has 0 spiro atoms. The normalized spacial score (nSPS) is 12.2. The number of anilines is 1. The van der Waals surface area contributed by atoms with Crippen LogP contribution in [0.4, 0.5) is 32.3 Å². The molecule has 2 N–H and O–H groups in total. The van der Waals surface area contributed by atoms with Crippen LogP contribution in [0.5, 0.6) is 0 Å². The number of hydrogen-bond donors (Lipinski definition) is 1. The van der Waals surface area contributed by atoms with Crippen molar-refractivity contribution in [3.63, 3.8) is 0 Å². The smallest absolute Gasteiger partial charge is 0.368 e. The summed E-state index contributed by atoms with van der Waals surface area (Å²) >= 11 is 0. The molecular formula is C17H10F6N4. The zero-order chi connectivity index (χ0) is 19.8. The van der Waals surface area contributed by atoms with Gasteiger partial charge in [0.05, 0.1) is 11.1 Å². The van der Waals surface area contributed by atoms with Crippen LogP contribution in [-0.2, 0) is 12.4 Å². The number of alkyl halides is 6. The van der Waals surface area contributed by atoms with Crippen LogP contribution in [0.25, 0.3) is 22.8 Å². The second-order valence-corrected chi connectivity index (χ2v) is 5.49. The van der Waals surface area contributed by atoms with Gasteiger partial charge in [0.1, 0.15) is 0 Å². The first-order valence-corrected chi connectivity index (χ1v) is 7.41. The van der Waals surface area contributed by atoms with Gasteiger partial charge in [-0.2, -0.15) is 36.3 Å². The predicted octanol–water partition coefficient (Wildman–Crippen LogP) is 4.83. The molecule has 0 fully saturated rings. The van der Waals surface area contributed by atoms with Crippen LogP contribution < -0.4 is 5.73 Å². The number of nitrogens with two attached hydrogens (primary N) is 1. The maximum atomic E-state index is 12.6. The third-order valence-corrected chi connectivity index (χ3v) is 3.59. The summed E-state index contributed by atoms with van der Waals surface area (Å²) in [6.07, 6.45) is -8.97. The number of aromatic nitrogens is 3. The van der Waals surface area contributed by atoms with Gasteiger partial charge in [0.25, 0.3) is 0 Å². The van der Waals surface area contributed by atoms with E-state index in [4.69, 9.17) is 5.73 Å². The molecule has 140 valence electrons. The van der Waals surface area contributed by atoms with Crippen LogP contribution in [0.15, 0.2) is 48.5 Å². The molecule has 2 aromatic carbocycles. The van der Waals surface area contributed by atoms with Gasteiger partial charge in [-0.05, 0) is 24.3 Å². The lowest BCUT2D eigenvalue weighted by Gasteiger charge is -2.09. The van der Waals surface area contributed by atoms with Crippen LogP contribution in [-0.4, -0.2) is 15.0 Å². The van der Waals surface area contributed by atoms with E-state index in [-0.39, 0.29) is 28.7 Å². The Morgan fingerprint density at radius 2 is 0.889 bits per heavy atom. The minimum Gasteiger partial charge on any atom is -0.368 e. The fourth-order valence-corrected chi connectivity index (χ4v) is 2.27. The number of hydrogen-bond acceptors (Lipinski definition) is 4. The monoisotopic (exact) mass is 384 g/mol. The fourth-order valence-electron chi connectivity index (χ4n) is 2.27. The maximum absolute atomic E-state index is 12.6. The van der Waals surface area contributed by atoms with Crippen molar-refractivity contribution < 1.29 is 26.3 Å². The first kappa shape index (κ1) is 18.6. The molecule has 1 heterocycles. The molecule has 0 saturated carbocycles. The highest BCUT2D eigenvalue weighted by molar-refractivity contribution is 5.63. The van der Waals surface area contributed by atoms with Crippen molar-refractivity contribution in [2.45, 2.75) is 12.4 Å². The summed E-state index contributed by atoms with van der Waals surface area (Å²) in [6.45, 7) is 0. The van der Waals surface area contributed by atoms with Crippen LogP contribution >= 0.6 is 0 Å². The molecule has 0 saturated heterocycles. The summed E-state index contributed by atoms with van der Waals surface area (Å²) in [5, 5.41) is 0. The maximum Gasteiger partial charge on any atom is 0.416 e. The van der Waals surface area contributed by atoms with E-state index in [0.29, 0.717) is 0 Å². The summed E-state index contributed by atoms with van der Waals surface area (Å²) in [4.78, 5) is 11.8. The Bertz CT molecular complexity index is 871. The van der Waals surface area contributed by atoms with Crippen molar-refractivity contribution >= 4 is 5.95 Å². The molecule has 4 nitrogen and oxygen atoms in total. The Kier molecular flexibility index (Phi) is 4.50. The van der Waals surface area contributed by atoms with Gasteiger partial charge < -0.3 is 5.73 Å². The molecule has 0 radical (unpaired) electrons. The number of rotatable bonds is 2. The third-order valence-electron chi connectivity index (χ3n) is 3.59. The summed E-state index contributed by atoms with van der Waals surface area (Å²) in [5.41, 5.74) is 4.45. The minimum atomic E-state index is -4.48. The molecule has 3 rings (SSSR count). The highest BCUT2D eigenvalue weighted by Gasteiger charge is 2.31. The van der Waals surface area contributed by atoms with Crippen molar-refractivity contribution in [2.24, 2.45) is 0 Å². The highest BCUT2D eigenvalue weighted by atomic mass is 19.4. The van der Waals surface area contributed by atoms with E-state index in [2.05, 4.69) is 15.0 Å². The lowest BCUT2D eigenvalue weighted by molar-refractivity contribution is -0.138. The van der Waals surface area contributed by atoms with Gasteiger partial charge in [-0.3, -0.25) is 0 Å². The van der Waals surface area contributed by atoms with Gasteiger partial charge in [-0.1, -0.05) is 24.3 Å². The Hall–Kier alpha value is -3.17. The van der Waals surface area contributed by atoms with Crippen LogP contribution in [0.2, 0.25) is 0 Å². The van der Waals surface area contributed by atoms with Crippen molar-refractivity contribution in [3.8, 4) is 22.8 Å². The lowest BCUT2D eigenvalue weighted by Crippen LogP contribution is -2.06. The average molecular weight is 384 g/mol. The molecule has 0 atom stereocenters. The Morgan fingerprint density at radius 1 is 0.556 bits per heavy atom. The van der Waals surface area contributed by atoms with Crippen molar-refractivity contribution in [1.82, 2.24) is 15.0 Å². The third kappa shape index (κ3) is 4.15. The zero-order valence-electron chi connectivity index (χ0n) is 13.3. The SMILES string of the molecule is Nc1nc(-c2ccc(C(F)(F)F)cc2)nc(-c2ccc(C(F)(F)F)cc2)n1. The lowest BCUT2D eigenvalue weighted by atomic mass is 10.1. The quantitative estimate of drug-likeness (QED) is 0.643. The van der Waals surface area contributed by atoms with Crippen LogP contribution in [0.1, 0.15) is 11.1 Å². The predicted molar refractivity (Wildman–Crippen MR) is 85.1 cm³/mol. The van der Waals surface area contributed by atoms with E-state index >= 15 is 0 Å². The fraction of sp³-hybridized carbons (Fsp3) is 0.118. The highest BCUT2D eigenvalue weighted by Crippen LogP contribution is 2.32. The van der Waals surface area contributed by atoms with Gasteiger partial charge in [0.15, 0.2) is 11.6 Å². The summed E-state index contributed by atoms with van der Waals surface area (Å²) in [5.74, 6) is -0.202. The van der Waals surface area contributed by atoms with Crippen molar-refractivity contribution in [1.29, 1.82) is 0 Å². The van der Waals surface area contributed by atoms with Crippen molar-refractivity contribution in [3.05, 3.63) is 59.7 Å². The second kappa shape index (κ2) is 6.53. The molecular weight excluding hydrogens is 374 g/mol. The standard InChI is InChI=1S/C17H10F6N4/c18-16(19,20)11-5-1-9(2-6-11)13-25-14(27-15(24)26-13)10-3-7-12(8-4-10)17(21,22)23/h1-8H,(H2,24,25,26,27). The number of nitrogens with zero attached hydrogens (tertiary/aromatic N) is 3. The van der Waals surface area contributed by atoms with Gasteiger partial charge >= 0.3 is 12.4 Å². The second-order valence-electron chi connectivity index (χ2n) is 5.49. The molecule has 10 heteroatoms. The molecule has 0 aliphatic carbocycles. The topological polar surface area (TPSA) is 64.7 Å². The Labute approximate surface area is 148 Å². The number of halogens is 6. The van der Waals surface area contributed by atoms with E-state index in [9.17, 15) is 26.3 Å². The van der Waals surface area contributed by atoms with Gasteiger partial charge in [0.2, 0.25) is 5.95 Å². The van der Waals surface area contributed by atoms with E-state index in [1.54, 1.807) is 0 Å². The van der Waals surface area contributed by atoms with Crippen LogP contribution in [0.3, 0.4) is 0 Å². The molecule has 0 aliphatic heterocycles. The molecule has 0 bridgehead atoms. The summed E-state index contributed by atoms with van der Waals surface area (Å²) in [6, 6.07) is 8.17. The molecule has 27 heavy (non-hydrogen) atoms. The van der Waals surface area contributed by atoms with Crippen molar-refractivity contribution in [2.75, 3.05) is 5.73 Å². The molecule has 0 amide bonds. The number of benzene rings is 2.